The van der Waals surface area contributed by atoms with Crippen molar-refractivity contribution in [3.8, 4) is 16.9 Å². The quantitative estimate of drug-likeness (QED) is 0.795. The van der Waals surface area contributed by atoms with Crippen molar-refractivity contribution in [2.24, 2.45) is 0 Å². The number of alkyl halides is 3. The van der Waals surface area contributed by atoms with Crippen LogP contribution in [0, 0.1) is 0 Å². The van der Waals surface area contributed by atoms with Crippen molar-refractivity contribution in [1.29, 1.82) is 0 Å². The van der Waals surface area contributed by atoms with Crippen LogP contribution in [-0.2, 0) is 4.79 Å². The third kappa shape index (κ3) is 5.03. The molecule has 1 N–H and O–H groups in total. The zero-order valence-electron chi connectivity index (χ0n) is 11.5. The number of benzene rings is 2. The van der Waals surface area contributed by atoms with Gasteiger partial charge < -0.3 is 9.84 Å². The van der Waals surface area contributed by atoms with Gasteiger partial charge in [-0.1, -0.05) is 29.8 Å². The third-order valence-corrected chi connectivity index (χ3v) is 3.14. The molecule has 23 heavy (non-hydrogen) atoms. The molecule has 0 bridgehead atoms. The molecule has 0 fully saturated rings. The normalized spacial score (nSPS) is 11.7. The fraction of sp³-hybridized carbons (Fsp3) is 0.0625. The van der Waals surface area contributed by atoms with E-state index >= 15 is 0 Å². The monoisotopic (exact) mass is 342 g/mol. The van der Waals surface area contributed by atoms with E-state index in [0.29, 0.717) is 21.7 Å². The Morgan fingerprint density at radius 1 is 1.13 bits per heavy atom. The molecule has 2 aromatic carbocycles. The van der Waals surface area contributed by atoms with Gasteiger partial charge in [-0.3, -0.25) is 0 Å². The molecule has 0 unspecified atom stereocenters. The number of carboxylic acid groups (broad SMARTS) is 1. The molecular formula is C16H10ClF3O3. The molecule has 0 radical (unpaired) electrons. The van der Waals surface area contributed by atoms with Crippen molar-refractivity contribution in [3.63, 3.8) is 0 Å². The SMILES string of the molecule is O=C(O)/C=C/c1ccc(Cl)c(-c2ccc(OC(F)(F)F)cc2)c1. The molecule has 120 valence electrons. The first kappa shape index (κ1) is 16.9. The average Bonchev–Trinajstić information content (AvgIpc) is 2.45. The van der Waals surface area contributed by atoms with Crippen molar-refractivity contribution in [3.05, 3.63) is 59.1 Å². The van der Waals surface area contributed by atoms with E-state index in [9.17, 15) is 18.0 Å². The van der Waals surface area contributed by atoms with Crippen LogP contribution in [0.1, 0.15) is 5.56 Å². The van der Waals surface area contributed by atoms with E-state index in [0.717, 1.165) is 6.08 Å². The summed E-state index contributed by atoms with van der Waals surface area (Å²) in [7, 11) is 0. The van der Waals surface area contributed by atoms with Crippen LogP contribution in [0.4, 0.5) is 13.2 Å². The first-order valence-corrected chi connectivity index (χ1v) is 6.69. The second-order valence-corrected chi connectivity index (χ2v) is 4.89. The Kier molecular flexibility index (Phi) is 4.95. The van der Waals surface area contributed by atoms with E-state index in [2.05, 4.69) is 4.74 Å². The minimum Gasteiger partial charge on any atom is -0.478 e. The van der Waals surface area contributed by atoms with Crippen LogP contribution in [0.25, 0.3) is 17.2 Å². The Morgan fingerprint density at radius 2 is 1.78 bits per heavy atom. The highest BCUT2D eigenvalue weighted by molar-refractivity contribution is 6.33. The topological polar surface area (TPSA) is 46.5 Å². The van der Waals surface area contributed by atoms with E-state index < -0.39 is 12.3 Å². The molecule has 2 aromatic rings. The van der Waals surface area contributed by atoms with Crippen molar-refractivity contribution in [1.82, 2.24) is 0 Å². The fourth-order valence-corrected chi connectivity index (χ4v) is 2.10. The summed E-state index contributed by atoms with van der Waals surface area (Å²) in [6.45, 7) is 0. The molecular weight excluding hydrogens is 333 g/mol. The average molecular weight is 343 g/mol. The molecule has 0 amide bonds. The van der Waals surface area contributed by atoms with Crippen LogP contribution in [0.5, 0.6) is 5.75 Å². The van der Waals surface area contributed by atoms with Crippen LogP contribution < -0.4 is 4.74 Å². The largest absolute Gasteiger partial charge is 0.573 e. The van der Waals surface area contributed by atoms with Gasteiger partial charge in [-0.15, -0.1) is 13.2 Å². The lowest BCUT2D eigenvalue weighted by Gasteiger charge is -2.10. The second-order valence-electron chi connectivity index (χ2n) is 4.48. The summed E-state index contributed by atoms with van der Waals surface area (Å²) in [6.07, 6.45) is -2.38. The van der Waals surface area contributed by atoms with Crippen molar-refractivity contribution < 1.29 is 27.8 Å². The Labute approximate surface area is 134 Å². The van der Waals surface area contributed by atoms with Gasteiger partial charge >= 0.3 is 12.3 Å². The van der Waals surface area contributed by atoms with Crippen LogP contribution in [0.3, 0.4) is 0 Å². The molecule has 2 rings (SSSR count). The zero-order valence-corrected chi connectivity index (χ0v) is 12.2. The highest BCUT2D eigenvalue weighted by Crippen LogP contribution is 2.31. The molecule has 0 spiro atoms. The standard InChI is InChI=1S/C16H10ClF3O3/c17-14-7-1-10(2-8-15(21)22)9-13(14)11-3-5-12(6-4-11)23-16(18,19)20/h1-9H,(H,21,22)/b8-2+. The Balaban J connectivity index is 2.30. The van der Waals surface area contributed by atoms with E-state index in [1.807, 2.05) is 0 Å². The minimum absolute atomic E-state index is 0.334. The van der Waals surface area contributed by atoms with Gasteiger partial charge in [0, 0.05) is 16.7 Å². The number of hydrogen-bond acceptors (Lipinski definition) is 2. The number of aliphatic carboxylic acids is 1. The van der Waals surface area contributed by atoms with Gasteiger partial charge in [0.2, 0.25) is 0 Å². The fourth-order valence-electron chi connectivity index (χ4n) is 1.87. The maximum Gasteiger partial charge on any atom is 0.573 e. The molecule has 0 heterocycles. The summed E-state index contributed by atoms with van der Waals surface area (Å²) < 4.78 is 40.2. The molecule has 0 aliphatic heterocycles. The number of hydrogen-bond donors (Lipinski definition) is 1. The molecule has 0 aliphatic carbocycles. The summed E-state index contributed by atoms with van der Waals surface area (Å²) in [4.78, 5) is 10.5. The van der Waals surface area contributed by atoms with Crippen LogP contribution in [0.15, 0.2) is 48.5 Å². The minimum atomic E-state index is -4.75. The molecule has 0 aliphatic rings. The smallest absolute Gasteiger partial charge is 0.478 e. The van der Waals surface area contributed by atoms with Crippen LogP contribution in [0.2, 0.25) is 5.02 Å². The first-order chi connectivity index (χ1) is 10.7. The number of rotatable bonds is 4. The van der Waals surface area contributed by atoms with Gasteiger partial charge in [0.25, 0.3) is 0 Å². The Bertz CT molecular complexity index is 737. The van der Waals surface area contributed by atoms with Gasteiger partial charge in [0.1, 0.15) is 5.75 Å². The lowest BCUT2D eigenvalue weighted by molar-refractivity contribution is -0.274. The molecule has 0 saturated carbocycles. The second kappa shape index (κ2) is 6.75. The van der Waals surface area contributed by atoms with E-state index in [1.54, 1.807) is 18.2 Å². The Hall–Kier alpha value is -2.47. The molecule has 7 heteroatoms. The summed E-state index contributed by atoms with van der Waals surface area (Å²) in [5.74, 6) is -1.42. The lowest BCUT2D eigenvalue weighted by atomic mass is 10.0. The van der Waals surface area contributed by atoms with Gasteiger partial charge in [-0.05, 0) is 41.5 Å². The summed E-state index contributed by atoms with van der Waals surface area (Å²) in [5.41, 5.74) is 1.75. The number of ether oxygens (including phenoxy) is 1. The number of carboxylic acids is 1. The Morgan fingerprint density at radius 3 is 2.35 bits per heavy atom. The zero-order chi connectivity index (χ0) is 17.0. The molecule has 3 nitrogen and oxygen atoms in total. The summed E-state index contributed by atoms with van der Waals surface area (Å²) >= 11 is 6.09. The lowest BCUT2D eigenvalue weighted by Crippen LogP contribution is -2.16. The first-order valence-electron chi connectivity index (χ1n) is 6.31. The maximum absolute atomic E-state index is 12.1. The summed E-state index contributed by atoms with van der Waals surface area (Å²) in [5, 5.41) is 9.01. The summed E-state index contributed by atoms with van der Waals surface area (Å²) in [6, 6.07) is 10.1. The third-order valence-electron chi connectivity index (χ3n) is 2.81. The van der Waals surface area contributed by atoms with Crippen molar-refractivity contribution >= 4 is 23.6 Å². The van der Waals surface area contributed by atoms with Gasteiger partial charge in [-0.25, -0.2) is 4.79 Å². The molecule has 0 aromatic heterocycles. The highest BCUT2D eigenvalue weighted by Gasteiger charge is 2.30. The molecule has 0 atom stereocenters. The predicted octanol–water partition coefficient (Wildman–Crippen LogP) is 5.00. The van der Waals surface area contributed by atoms with E-state index in [4.69, 9.17) is 16.7 Å². The van der Waals surface area contributed by atoms with Crippen LogP contribution in [-0.4, -0.2) is 17.4 Å². The number of carbonyl (C=O) groups is 1. The van der Waals surface area contributed by atoms with Gasteiger partial charge in [0.05, 0.1) is 0 Å². The maximum atomic E-state index is 12.1. The van der Waals surface area contributed by atoms with Crippen LogP contribution >= 0.6 is 11.6 Å². The van der Waals surface area contributed by atoms with Crippen molar-refractivity contribution in [2.75, 3.05) is 0 Å². The molecule has 0 saturated heterocycles. The van der Waals surface area contributed by atoms with Crippen molar-refractivity contribution in [2.45, 2.75) is 6.36 Å². The van der Waals surface area contributed by atoms with Gasteiger partial charge in [-0.2, -0.15) is 0 Å². The predicted molar refractivity (Wildman–Crippen MR) is 80.2 cm³/mol. The van der Waals surface area contributed by atoms with E-state index in [-0.39, 0.29) is 5.75 Å². The van der Waals surface area contributed by atoms with Gasteiger partial charge in [0.15, 0.2) is 0 Å². The highest BCUT2D eigenvalue weighted by atomic mass is 35.5. The van der Waals surface area contributed by atoms with E-state index in [1.165, 1.54) is 30.3 Å². The number of halogens is 4.